The number of aliphatic carboxylic acids is 1. The van der Waals surface area contributed by atoms with Crippen LogP contribution in [0.3, 0.4) is 0 Å². The monoisotopic (exact) mass is 417 g/mol. The summed E-state index contributed by atoms with van der Waals surface area (Å²) in [6.07, 6.45) is 4.35. The van der Waals surface area contributed by atoms with Crippen LogP contribution in [0.25, 0.3) is 6.08 Å². The molecule has 0 fully saturated rings. The Labute approximate surface area is 156 Å². The highest BCUT2D eigenvalue weighted by atomic mass is 79.9. The number of hydrogen-bond acceptors (Lipinski definition) is 5. The predicted octanol–water partition coefficient (Wildman–Crippen LogP) is 4.10. The van der Waals surface area contributed by atoms with Crippen molar-refractivity contribution in [1.29, 1.82) is 0 Å². The van der Waals surface area contributed by atoms with Gasteiger partial charge in [0.05, 0.1) is 18.2 Å². The molecule has 132 valence electrons. The van der Waals surface area contributed by atoms with Crippen LogP contribution in [0.1, 0.15) is 17.0 Å². The lowest BCUT2D eigenvalue weighted by atomic mass is 10.1. The number of carboxylic acid groups (broad SMARTS) is 1. The van der Waals surface area contributed by atoms with Crippen LogP contribution in [0.2, 0.25) is 0 Å². The molecule has 3 aromatic rings. The highest BCUT2D eigenvalue weighted by molar-refractivity contribution is 9.10. The van der Waals surface area contributed by atoms with Crippen LogP contribution in [0.15, 0.2) is 63.6 Å². The van der Waals surface area contributed by atoms with Gasteiger partial charge in [-0.3, -0.25) is 0 Å². The van der Waals surface area contributed by atoms with Crippen molar-refractivity contribution in [2.24, 2.45) is 0 Å². The van der Waals surface area contributed by atoms with Gasteiger partial charge in [-0.1, -0.05) is 18.2 Å². The van der Waals surface area contributed by atoms with E-state index in [4.69, 9.17) is 4.42 Å². The Morgan fingerprint density at radius 1 is 1.31 bits per heavy atom. The Balaban J connectivity index is 1.94. The molecule has 0 aliphatic heterocycles. The maximum absolute atomic E-state index is 14.0. The smallest absolute Gasteiger partial charge is 0.352 e. The minimum atomic E-state index is -1.19. The third-order valence-corrected chi connectivity index (χ3v) is 3.83. The van der Waals surface area contributed by atoms with Gasteiger partial charge in [0.25, 0.3) is 0 Å². The Kier molecular flexibility index (Phi) is 5.43. The van der Waals surface area contributed by atoms with Crippen molar-refractivity contribution in [3.63, 3.8) is 0 Å². The summed E-state index contributed by atoms with van der Waals surface area (Å²) in [4.78, 5) is 20.0. The number of benzene rings is 1. The second-order valence-corrected chi connectivity index (χ2v) is 6.07. The third kappa shape index (κ3) is 4.34. The van der Waals surface area contributed by atoms with Crippen LogP contribution >= 0.6 is 15.9 Å². The quantitative estimate of drug-likeness (QED) is 0.586. The number of furan rings is 1. The summed E-state index contributed by atoms with van der Waals surface area (Å²) in [5, 5.41) is 12.2. The fourth-order valence-electron chi connectivity index (χ4n) is 2.25. The average molecular weight is 418 g/mol. The van der Waals surface area contributed by atoms with Gasteiger partial charge in [0, 0.05) is 12.5 Å². The van der Waals surface area contributed by atoms with Gasteiger partial charge in [-0.15, -0.1) is 0 Å². The van der Waals surface area contributed by atoms with Gasteiger partial charge in [0.2, 0.25) is 0 Å². The lowest BCUT2D eigenvalue weighted by molar-refractivity contribution is -0.132. The normalized spacial score (nSPS) is 11.4. The molecule has 0 aliphatic rings. The molecule has 26 heavy (non-hydrogen) atoms. The van der Waals surface area contributed by atoms with Crippen LogP contribution in [0, 0.1) is 5.82 Å². The molecule has 0 saturated carbocycles. The lowest BCUT2D eigenvalue weighted by Crippen LogP contribution is -2.14. The van der Waals surface area contributed by atoms with Crippen molar-refractivity contribution in [1.82, 2.24) is 9.97 Å². The minimum Gasteiger partial charge on any atom is -0.477 e. The number of hydrogen-bond donors (Lipinski definition) is 2. The van der Waals surface area contributed by atoms with Gasteiger partial charge < -0.3 is 14.8 Å². The first-order chi connectivity index (χ1) is 12.5. The molecular formula is C18H13BrFN3O3. The molecule has 6 nitrogen and oxygen atoms in total. The Bertz CT molecular complexity index is 958. The van der Waals surface area contributed by atoms with Crippen molar-refractivity contribution < 1.29 is 18.7 Å². The van der Waals surface area contributed by atoms with E-state index in [1.807, 2.05) is 0 Å². The average Bonchev–Trinajstić information content (AvgIpc) is 3.11. The number of anilines is 1. The van der Waals surface area contributed by atoms with E-state index in [2.05, 4.69) is 31.2 Å². The van der Waals surface area contributed by atoms with Crippen LogP contribution in [0.5, 0.6) is 0 Å². The van der Waals surface area contributed by atoms with Crippen molar-refractivity contribution in [3.8, 4) is 0 Å². The van der Waals surface area contributed by atoms with Gasteiger partial charge >= 0.3 is 5.97 Å². The molecule has 2 N–H and O–H groups in total. The highest BCUT2D eigenvalue weighted by Gasteiger charge is 2.15. The Morgan fingerprint density at radius 3 is 2.81 bits per heavy atom. The first-order valence-corrected chi connectivity index (χ1v) is 8.32. The van der Waals surface area contributed by atoms with Crippen LogP contribution in [-0.2, 0) is 11.2 Å². The van der Waals surface area contributed by atoms with Crippen LogP contribution in [-0.4, -0.2) is 21.0 Å². The van der Waals surface area contributed by atoms with Crippen LogP contribution in [0.4, 0.5) is 10.2 Å². The van der Waals surface area contributed by atoms with E-state index in [0.717, 1.165) is 0 Å². The van der Waals surface area contributed by atoms with Gasteiger partial charge in [-0.25, -0.2) is 19.2 Å². The topological polar surface area (TPSA) is 88.2 Å². The van der Waals surface area contributed by atoms with E-state index in [9.17, 15) is 14.3 Å². The molecule has 0 atom stereocenters. The summed E-state index contributed by atoms with van der Waals surface area (Å²) in [6, 6.07) is 9.58. The Morgan fingerprint density at radius 2 is 2.12 bits per heavy atom. The molecular weight excluding hydrogens is 405 g/mol. The molecule has 3 rings (SSSR count). The standard InChI is InChI=1S/C18H13BrFN3O3/c19-16-10-21-17(14(22-16)8-11-4-1-2-6-13(11)20)23-15(18(24)25)9-12-5-3-7-26-12/h1-7,9-10H,8H2,(H,21,23)(H,24,25)/b15-9-. The van der Waals surface area contributed by atoms with Crippen molar-refractivity contribution in [3.05, 3.63) is 82.0 Å². The molecule has 0 saturated heterocycles. The zero-order valence-corrected chi connectivity index (χ0v) is 14.9. The Hall–Kier alpha value is -3.00. The number of aromatic nitrogens is 2. The summed E-state index contributed by atoms with van der Waals surface area (Å²) < 4.78 is 19.6. The molecule has 2 aromatic heterocycles. The highest BCUT2D eigenvalue weighted by Crippen LogP contribution is 2.21. The van der Waals surface area contributed by atoms with E-state index in [1.54, 1.807) is 30.3 Å². The zero-order chi connectivity index (χ0) is 18.5. The predicted molar refractivity (Wildman–Crippen MR) is 96.9 cm³/mol. The third-order valence-electron chi connectivity index (χ3n) is 3.44. The van der Waals surface area contributed by atoms with E-state index >= 15 is 0 Å². The fourth-order valence-corrected chi connectivity index (χ4v) is 2.56. The molecule has 0 amide bonds. The van der Waals surface area contributed by atoms with Crippen molar-refractivity contribution in [2.45, 2.75) is 6.42 Å². The summed E-state index contributed by atoms with van der Waals surface area (Å²) in [5.74, 6) is -0.972. The maximum Gasteiger partial charge on any atom is 0.352 e. The summed E-state index contributed by atoms with van der Waals surface area (Å²) in [5.41, 5.74) is 0.678. The fraction of sp³-hybridized carbons (Fsp3) is 0.0556. The zero-order valence-electron chi connectivity index (χ0n) is 13.3. The van der Waals surface area contributed by atoms with Crippen LogP contribution < -0.4 is 5.32 Å². The molecule has 1 aromatic carbocycles. The molecule has 0 unspecified atom stereocenters. The summed E-state index contributed by atoms with van der Waals surface area (Å²) >= 11 is 3.23. The second-order valence-electron chi connectivity index (χ2n) is 5.26. The summed E-state index contributed by atoms with van der Waals surface area (Å²) in [6.45, 7) is 0. The van der Waals surface area contributed by atoms with Gasteiger partial charge in [-0.2, -0.15) is 0 Å². The number of nitrogens with one attached hydrogen (secondary N) is 1. The lowest BCUT2D eigenvalue weighted by Gasteiger charge is -2.11. The van der Waals surface area contributed by atoms with Crippen molar-refractivity contribution >= 4 is 33.8 Å². The van der Waals surface area contributed by atoms with Crippen molar-refractivity contribution in [2.75, 3.05) is 5.32 Å². The van der Waals surface area contributed by atoms with Gasteiger partial charge in [-0.05, 0) is 39.7 Å². The summed E-state index contributed by atoms with van der Waals surface area (Å²) in [7, 11) is 0. The number of carboxylic acids is 1. The SMILES string of the molecule is O=C(O)/C(=C/c1ccco1)Nc1ncc(Br)nc1Cc1ccccc1F. The number of carbonyl (C=O) groups is 1. The number of halogens is 2. The molecule has 0 radical (unpaired) electrons. The second kappa shape index (κ2) is 7.92. The first-order valence-electron chi connectivity index (χ1n) is 7.53. The largest absolute Gasteiger partial charge is 0.477 e. The number of rotatable bonds is 6. The molecule has 8 heteroatoms. The van der Waals surface area contributed by atoms with E-state index < -0.39 is 5.97 Å². The van der Waals surface area contributed by atoms with E-state index in [1.165, 1.54) is 24.6 Å². The maximum atomic E-state index is 14.0. The molecule has 0 bridgehead atoms. The van der Waals surface area contributed by atoms with E-state index in [-0.39, 0.29) is 23.8 Å². The molecule has 0 spiro atoms. The van der Waals surface area contributed by atoms with Gasteiger partial charge in [0.1, 0.15) is 21.9 Å². The first kappa shape index (κ1) is 17.8. The molecule has 2 heterocycles. The van der Waals surface area contributed by atoms with Gasteiger partial charge in [0.15, 0.2) is 5.82 Å². The number of nitrogens with zero attached hydrogens (tertiary/aromatic N) is 2. The minimum absolute atomic E-state index is 0.147. The molecule has 0 aliphatic carbocycles. The van der Waals surface area contributed by atoms with E-state index in [0.29, 0.717) is 21.6 Å².